The molecule has 1 aliphatic heterocycles. The molecule has 1 aliphatic rings. The molecule has 0 amide bonds. The van der Waals surface area contributed by atoms with Crippen molar-refractivity contribution in [3.05, 3.63) is 29.8 Å². The van der Waals surface area contributed by atoms with E-state index in [0.717, 1.165) is 18.4 Å². The number of aryl methyl sites for hydroxylation is 1. The van der Waals surface area contributed by atoms with Crippen LogP contribution in [0.4, 0.5) is 0 Å². The highest BCUT2D eigenvalue weighted by Crippen LogP contribution is 2.26. The second-order valence-electron chi connectivity index (χ2n) is 5.83. The summed E-state index contributed by atoms with van der Waals surface area (Å²) >= 11 is 0. The first kappa shape index (κ1) is 15.5. The summed E-state index contributed by atoms with van der Waals surface area (Å²) in [4.78, 5) is 0.430. The number of hydrogen-bond donors (Lipinski definition) is 0. The zero-order valence-corrected chi connectivity index (χ0v) is 13.3. The Morgan fingerprint density at radius 1 is 1.25 bits per heavy atom. The van der Waals surface area contributed by atoms with Crippen molar-refractivity contribution < 1.29 is 8.42 Å². The van der Waals surface area contributed by atoms with Crippen molar-refractivity contribution in [3.8, 4) is 0 Å². The highest BCUT2D eigenvalue weighted by atomic mass is 32.2. The number of rotatable bonds is 5. The SMILES string of the molecule is CCCCC1CCCN(S(=O)(=O)c2ccc(C)cc2)C1. The van der Waals surface area contributed by atoms with Gasteiger partial charge in [-0.25, -0.2) is 8.42 Å². The van der Waals surface area contributed by atoms with E-state index in [-0.39, 0.29) is 0 Å². The fourth-order valence-electron chi connectivity index (χ4n) is 2.83. The van der Waals surface area contributed by atoms with E-state index in [4.69, 9.17) is 0 Å². The Labute approximate surface area is 123 Å². The maximum absolute atomic E-state index is 12.6. The molecule has 20 heavy (non-hydrogen) atoms. The maximum atomic E-state index is 12.6. The van der Waals surface area contributed by atoms with Crippen LogP contribution >= 0.6 is 0 Å². The fourth-order valence-corrected chi connectivity index (χ4v) is 4.39. The minimum atomic E-state index is -3.30. The predicted molar refractivity (Wildman–Crippen MR) is 82.2 cm³/mol. The Balaban J connectivity index is 2.10. The van der Waals surface area contributed by atoms with Gasteiger partial charge in [-0.1, -0.05) is 37.5 Å². The van der Waals surface area contributed by atoms with Crippen LogP contribution in [-0.2, 0) is 10.0 Å². The molecular weight excluding hydrogens is 270 g/mol. The van der Waals surface area contributed by atoms with Crippen LogP contribution in [-0.4, -0.2) is 25.8 Å². The van der Waals surface area contributed by atoms with Crippen molar-refractivity contribution in [2.24, 2.45) is 5.92 Å². The molecule has 0 N–H and O–H groups in total. The molecule has 0 aromatic heterocycles. The Bertz CT molecular complexity index is 522. The smallest absolute Gasteiger partial charge is 0.207 e. The predicted octanol–water partition coefficient (Wildman–Crippen LogP) is 3.59. The molecule has 1 aromatic carbocycles. The maximum Gasteiger partial charge on any atom is 0.243 e. The number of nitrogens with zero attached hydrogens (tertiary/aromatic N) is 1. The second kappa shape index (κ2) is 6.72. The van der Waals surface area contributed by atoms with Crippen LogP contribution in [0.15, 0.2) is 29.2 Å². The lowest BCUT2D eigenvalue weighted by atomic mass is 9.94. The molecule has 1 atom stereocenters. The van der Waals surface area contributed by atoms with Gasteiger partial charge in [0, 0.05) is 13.1 Å². The molecule has 4 heteroatoms. The zero-order chi connectivity index (χ0) is 14.6. The molecule has 1 heterocycles. The van der Waals surface area contributed by atoms with Gasteiger partial charge in [-0.15, -0.1) is 0 Å². The minimum Gasteiger partial charge on any atom is -0.207 e. The number of piperidine rings is 1. The molecule has 1 unspecified atom stereocenters. The molecule has 1 aromatic rings. The summed E-state index contributed by atoms with van der Waals surface area (Å²) in [6, 6.07) is 7.18. The van der Waals surface area contributed by atoms with Crippen LogP contribution in [0.1, 0.15) is 44.6 Å². The monoisotopic (exact) mass is 295 g/mol. The summed E-state index contributed by atoms with van der Waals surface area (Å²) in [7, 11) is -3.30. The third-order valence-corrected chi connectivity index (χ3v) is 5.99. The Kier molecular flexibility index (Phi) is 5.22. The first-order valence-corrected chi connectivity index (χ1v) is 9.05. The van der Waals surface area contributed by atoms with Crippen LogP contribution in [0, 0.1) is 12.8 Å². The Morgan fingerprint density at radius 2 is 1.95 bits per heavy atom. The van der Waals surface area contributed by atoms with Gasteiger partial charge in [-0.2, -0.15) is 4.31 Å². The summed E-state index contributed by atoms with van der Waals surface area (Å²) in [5, 5.41) is 0. The van der Waals surface area contributed by atoms with E-state index in [1.165, 1.54) is 19.3 Å². The topological polar surface area (TPSA) is 37.4 Å². The molecule has 0 radical (unpaired) electrons. The van der Waals surface area contributed by atoms with Crippen molar-refractivity contribution in [1.29, 1.82) is 0 Å². The van der Waals surface area contributed by atoms with Crippen molar-refractivity contribution in [1.82, 2.24) is 4.31 Å². The van der Waals surface area contributed by atoms with E-state index < -0.39 is 10.0 Å². The highest BCUT2D eigenvalue weighted by molar-refractivity contribution is 7.89. The van der Waals surface area contributed by atoms with E-state index in [1.807, 2.05) is 19.1 Å². The molecule has 1 fully saturated rings. The molecule has 2 rings (SSSR count). The largest absolute Gasteiger partial charge is 0.243 e. The summed E-state index contributed by atoms with van der Waals surface area (Å²) in [6.45, 7) is 5.51. The van der Waals surface area contributed by atoms with Gasteiger partial charge in [0.15, 0.2) is 0 Å². The van der Waals surface area contributed by atoms with Gasteiger partial charge >= 0.3 is 0 Å². The fraction of sp³-hybridized carbons (Fsp3) is 0.625. The lowest BCUT2D eigenvalue weighted by Crippen LogP contribution is -2.39. The Hall–Kier alpha value is -0.870. The average molecular weight is 295 g/mol. The molecular formula is C16H25NO2S. The van der Waals surface area contributed by atoms with Gasteiger partial charge in [0.1, 0.15) is 0 Å². The number of hydrogen-bond acceptors (Lipinski definition) is 2. The van der Waals surface area contributed by atoms with Gasteiger partial charge in [-0.05, 0) is 44.2 Å². The van der Waals surface area contributed by atoms with Gasteiger partial charge in [0.25, 0.3) is 0 Å². The standard InChI is InChI=1S/C16H25NO2S/c1-3-4-6-15-7-5-12-17(13-15)20(18,19)16-10-8-14(2)9-11-16/h8-11,15H,3-7,12-13H2,1-2H3. The number of sulfonamides is 1. The quantitative estimate of drug-likeness (QED) is 0.832. The number of unbranched alkanes of at least 4 members (excludes halogenated alkanes) is 1. The normalized spacial score (nSPS) is 21.0. The van der Waals surface area contributed by atoms with E-state index in [1.54, 1.807) is 16.4 Å². The summed E-state index contributed by atoms with van der Waals surface area (Å²) in [5.74, 6) is 0.531. The second-order valence-corrected chi connectivity index (χ2v) is 7.76. The third kappa shape index (κ3) is 3.61. The van der Waals surface area contributed by atoms with Gasteiger partial charge in [0.05, 0.1) is 4.90 Å². The average Bonchev–Trinajstić information content (AvgIpc) is 2.46. The van der Waals surface area contributed by atoms with Gasteiger partial charge < -0.3 is 0 Å². The molecule has 0 saturated carbocycles. The molecule has 112 valence electrons. The van der Waals surface area contributed by atoms with Gasteiger partial charge in [0.2, 0.25) is 10.0 Å². The minimum absolute atomic E-state index is 0.430. The van der Waals surface area contributed by atoms with Gasteiger partial charge in [-0.3, -0.25) is 0 Å². The summed E-state index contributed by atoms with van der Waals surface area (Å²) in [5.41, 5.74) is 1.09. The number of benzene rings is 1. The lowest BCUT2D eigenvalue weighted by Gasteiger charge is -2.32. The van der Waals surface area contributed by atoms with Crippen LogP contribution in [0.3, 0.4) is 0 Å². The van der Waals surface area contributed by atoms with Crippen LogP contribution in [0.5, 0.6) is 0 Å². The van der Waals surface area contributed by atoms with E-state index in [9.17, 15) is 8.42 Å². The highest BCUT2D eigenvalue weighted by Gasteiger charge is 2.29. The Morgan fingerprint density at radius 3 is 2.60 bits per heavy atom. The van der Waals surface area contributed by atoms with Crippen molar-refractivity contribution in [2.75, 3.05) is 13.1 Å². The molecule has 0 bridgehead atoms. The lowest BCUT2D eigenvalue weighted by molar-refractivity contribution is 0.252. The van der Waals surface area contributed by atoms with E-state index in [2.05, 4.69) is 6.92 Å². The molecule has 3 nitrogen and oxygen atoms in total. The molecule has 1 saturated heterocycles. The molecule has 0 spiro atoms. The first-order valence-electron chi connectivity index (χ1n) is 7.61. The third-order valence-electron chi connectivity index (χ3n) is 4.11. The van der Waals surface area contributed by atoms with Crippen molar-refractivity contribution in [3.63, 3.8) is 0 Å². The summed E-state index contributed by atoms with van der Waals surface area (Å²) < 4.78 is 27.0. The van der Waals surface area contributed by atoms with E-state index >= 15 is 0 Å². The van der Waals surface area contributed by atoms with Crippen LogP contribution in [0.2, 0.25) is 0 Å². The first-order chi connectivity index (χ1) is 9.54. The van der Waals surface area contributed by atoms with Crippen LogP contribution in [0.25, 0.3) is 0 Å². The van der Waals surface area contributed by atoms with Crippen molar-refractivity contribution in [2.45, 2.75) is 50.8 Å². The van der Waals surface area contributed by atoms with E-state index in [0.29, 0.717) is 23.9 Å². The molecule has 0 aliphatic carbocycles. The van der Waals surface area contributed by atoms with Crippen LogP contribution < -0.4 is 0 Å². The zero-order valence-electron chi connectivity index (χ0n) is 12.5. The van der Waals surface area contributed by atoms with Crippen molar-refractivity contribution >= 4 is 10.0 Å². The summed E-state index contributed by atoms with van der Waals surface area (Å²) in [6.07, 6.45) is 5.68.